The normalized spacial score (nSPS) is 11.9. The fourth-order valence-electron chi connectivity index (χ4n) is 2.15. The van der Waals surface area contributed by atoms with Gasteiger partial charge in [-0.05, 0) is 29.3 Å². The minimum atomic E-state index is -0.606. The van der Waals surface area contributed by atoms with Crippen LogP contribution in [0.15, 0.2) is 53.0 Å². The van der Waals surface area contributed by atoms with E-state index in [0.717, 1.165) is 21.3 Å². The summed E-state index contributed by atoms with van der Waals surface area (Å²) < 4.78 is 6.11. The fraction of sp³-hybridized carbons (Fsp3) is 0.188. The molecule has 0 aliphatic rings. The molecule has 0 radical (unpaired) electrons. The van der Waals surface area contributed by atoms with Gasteiger partial charge in [-0.15, -0.1) is 0 Å². The van der Waals surface area contributed by atoms with Gasteiger partial charge in [0.05, 0.1) is 6.61 Å². The van der Waals surface area contributed by atoms with Gasteiger partial charge in [-0.2, -0.15) is 0 Å². The number of nitrogens with two attached hydrogens (primary N) is 1. The van der Waals surface area contributed by atoms with Gasteiger partial charge in [0.15, 0.2) is 0 Å². The van der Waals surface area contributed by atoms with Crippen molar-refractivity contribution in [3.8, 4) is 0 Å². The standard InChI is InChI=1S/C16H17BrN2O2/c1-21-10-11-5-2-3-8-14(11)15(16(18)20)19-13-7-4-6-12(17)9-13/h2-9,15,19H,10H2,1H3,(H2,18,20). The Morgan fingerprint density at radius 1 is 1.29 bits per heavy atom. The van der Waals surface area contributed by atoms with Crippen molar-refractivity contribution in [3.63, 3.8) is 0 Å². The van der Waals surface area contributed by atoms with Gasteiger partial charge in [-0.25, -0.2) is 0 Å². The molecule has 2 aromatic rings. The third-order valence-corrected chi connectivity index (χ3v) is 3.58. The van der Waals surface area contributed by atoms with Crippen molar-refractivity contribution in [3.05, 3.63) is 64.1 Å². The number of amides is 1. The molecular weight excluding hydrogens is 332 g/mol. The zero-order valence-electron chi connectivity index (χ0n) is 11.7. The Hall–Kier alpha value is -1.85. The Bertz CT molecular complexity index is 631. The van der Waals surface area contributed by atoms with Crippen LogP contribution in [0.4, 0.5) is 5.69 Å². The lowest BCUT2D eigenvalue weighted by atomic mass is 10.00. The molecule has 1 amide bonds. The van der Waals surface area contributed by atoms with Crippen molar-refractivity contribution in [1.82, 2.24) is 0 Å². The average molecular weight is 349 g/mol. The van der Waals surface area contributed by atoms with Crippen LogP contribution < -0.4 is 11.1 Å². The summed E-state index contributed by atoms with van der Waals surface area (Å²) in [5.74, 6) is -0.432. The second-order valence-corrected chi connectivity index (χ2v) is 5.54. The Balaban J connectivity index is 2.33. The Morgan fingerprint density at radius 3 is 2.71 bits per heavy atom. The number of carbonyl (C=O) groups excluding carboxylic acids is 1. The van der Waals surface area contributed by atoms with Gasteiger partial charge in [0.25, 0.3) is 0 Å². The first-order chi connectivity index (χ1) is 10.1. The molecule has 0 fully saturated rings. The second-order valence-electron chi connectivity index (χ2n) is 4.62. The molecule has 2 rings (SSSR count). The number of primary amides is 1. The van der Waals surface area contributed by atoms with Crippen molar-refractivity contribution in [2.24, 2.45) is 5.73 Å². The molecule has 0 aromatic heterocycles. The van der Waals surface area contributed by atoms with Crippen LogP contribution in [0.3, 0.4) is 0 Å². The van der Waals surface area contributed by atoms with Crippen molar-refractivity contribution < 1.29 is 9.53 Å². The van der Waals surface area contributed by atoms with E-state index in [2.05, 4.69) is 21.2 Å². The number of carbonyl (C=O) groups is 1. The number of rotatable bonds is 6. The molecule has 0 bridgehead atoms. The SMILES string of the molecule is COCc1ccccc1C(Nc1cccc(Br)c1)C(N)=O. The largest absolute Gasteiger partial charge is 0.380 e. The molecule has 21 heavy (non-hydrogen) atoms. The maximum Gasteiger partial charge on any atom is 0.244 e. The van der Waals surface area contributed by atoms with Gasteiger partial charge in [0.2, 0.25) is 5.91 Å². The topological polar surface area (TPSA) is 64.3 Å². The molecule has 2 aromatic carbocycles. The minimum absolute atomic E-state index is 0.431. The summed E-state index contributed by atoms with van der Waals surface area (Å²) in [6.45, 7) is 0.431. The molecule has 3 N–H and O–H groups in total. The number of halogens is 1. The first kappa shape index (κ1) is 15.5. The van der Waals surface area contributed by atoms with Gasteiger partial charge in [0.1, 0.15) is 6.04 Å². The Labute approximate surface area is 132 Å². The zero-order chi connectivity index (χ0) is 15.2. The molecule has 1 atom stereocenters. The smallest absolute Gasteiger partial charge is 0.244 e. The maximum atomic E-state index is 11.9. The first-order valence-corrected chi connectivity index (χ1v) is 7.29. The van der Waals surface area contributed by atoms with Gasteiger partial charge in [-0.1, -0.05) is 46.3 Å². The highest BCUT2D eigenvalue weighted by molar-refractivity contribution is 9.10. The zero-order valence-corrected chi connectivity index (χ0v) is 13.3. The maximum absolute atomic E-state index is 11.9. The van der Waals surface area contributed by atoms with E-state index in [1.54, 1.807) is 7.11 Å². The van der Waals surface area contributed by atoms with Gasteiger partial charge < -0.3 is 15.8 Å². The molecule has 0 saturated carbocycles. The second kappa shape index (κ2) is 7.24. The molecule has 0 aliphatic carbocycles. The van der Waals surface area contributed by atoms with Crippen molar-refractivity contribution in [1.29, 1.82) is 0 Å². The van der Waals surface area contributed by atoms with E-state index < -0.39 is 11.9 Å². The van der Waals surface area contributed by atoms with Crippen LogP contribution in [-0.4, -0.2) is 13.0 Å². The van der Waals surface area contributed by atoms with E-state index in [1.807, 2.05) is 48.5 Å². The number of hydrogen-bond acceptors (Lipinski definition) is 3. The summed E-state index contributed by atoms with van der Waals surface area (Å²) in [5.41, 5.74) is 8.15. The van der Waals surface area contributed by atoms with Gasteiger partial charge in [0, 0.05) is 17.3 Å². The Morgan fingerprint density at radius 2 is 2.05 bits per heavy atom. The molecule has 110 valence electrons. The molecule has 4 nitrogen and oxygen atoms in total. The van der Waals surface area contributed by atoms with Crippen LogP contribution in [0.1, 0.15) is 17.2 Å². The number of nitrogens with one attached hydrogen (secondary N) is 1. The predicted molar refractivity (Wildman–Crippen MR) is 86.9 cm³/mol. The van der Waals surface area contributed by atoms with E-state index in [9.17, 15) is 4.79 Å². The monoisotopic (exact) mass is 348 g/mol. The van der Waals surface area contributed by atoms with Crippen LogP contribution in [0.25, 0.3) is 0 Å². The van der Waals surface area contributed by atoms with Crippen molar-refractivity contribution >= 4 is 27.5 Å². The molecule has 0 aliphatic heterocycles. The average Bonchev–Trinajstić information content (AvgIpc) is 2.46. The summed E-state index contributed by atoms with van der Waals surface area (Å²) in [7, 11) is 1.62. The van der Waals surface area contributed by atoms with Crippen molar-refractivity contribution in [2.75, 3.05) is 12.4 Å². The summed E-state index contributed by atoms with van der Waals surface area (Å²) >= 11 is 3.41. The van der Waals surface area contributed by atoms with Crippen LogP contribution >= 0.6 is 15.9 Å². The predicted octanol–water partition coefficient (Wildman–Crippen LogP) is 3.23. The Kier molecular flexibility index (Phi) is 5.36. The third kappa shape index (κ3) is 4.06. The van der Waals surface area contributed by atoms with E-state index in [-0.39, 0.29) is 0 Å². The number of benzene rings is 2. The molecule has 0 spiro atoms. The summed E-state index contributed by atoms with van der Waals surface area (Å²) in [6.07, 6.45) is 0. The van der Waals surface area contributed by atoms with Crippen LogP contribution in [-0.2, 0) is 16.1 Å². The molecular formula is C16H17BrN2O2. The number of hydrogen-bond donors (Lipinski definition) is 2. The summed E-state index contributed by atoms with van der Waals surface area (Å²) in [6, 6.07) is 14.6. The highest BCUT2D eigenvalue weighted by Crippen LogP contribution is 2.25. The molecule has 0 heterocycles. The van der Waals surface area contributed by atoms with Crippen molar-refractivity contribution in [2.45, 2.75) is 12.6 Å². The van der Waals surface area contributed by atoms with E-state index in [1.165, 1.54) is 0 Å². The summed E-state index contributed by atoms with van der Waals surface area (Å²) in [4.78, 5) is 11.9. The van der Waals surface area contributed by atoms with Gasteiger partial charge >= 0.3 is 0 Å². The molecule has 0 saturated heterocycles. The summed E-state index contributed by atoms with van der Waals surface area (Å²) in [5, 5.41) is 3.17. The lowest BCUT2D eigenvalue weighted by Crippen LogP contribution is -2.28. The highest BCUT2D eigenvalue weighted by Gasteiger charge is 2.20. The highest BCUT2D eigenvalue weighted by atomic mass is 79.9. The quantitative estimate of drug-likeness (QED) is 0.842. The minimum Gasteiger partial charge on any atom is -0.380 e. The van der Waals surface area contributed by atoms with Gasteiger partial charge in [-0.3, -0.25) is 4.79 Å². The third-order valence-electron chi connectivity index (χ3n) is 3.09. The first-order valence-electron chi connectivity index (χ1n) is 6.50. The van der Waals surface area contributed by atoms with E-state index in [4.69, 9.17) is 10.5 Å². The fourth-order valence-corrected chi connectivity index (χ4v) is 2.55. The van der Waals surface area contributed by atoms with Crippen LogP contribution in [0, 0.1) is 0 Å². The lowest BCUT2D eigenvalue weighted by Gasteiger charge is -2.20. The molecule has 5 heteroatoms. The lowest BCUT2D eigenvalue weighted by molar-refractivity contribution is -0.118. The number of anilines is 1. The van der Waals surface area contributed by atoms with E-state index in [0.29, 0.717) is 6.61 Å². The van der Waals surface area contributed by atoms with Crippen LogP contribution in [0.5, 0.6) is 0 Å². The van der Waals surface area contributed by atoms with Crippen LogP contribution in [0.2, 0.25) is 0 Å². The number of ether oxygens (including phenoxy) is 1. The van der Waals surface area contributed by atoms with E-state index >= 15 is 0 Å². The number of methoxy groups -OCH3 is 1. The molecule has 1 unspecified atom stereocenters.